The van der Waals surface area contributed by atoms with Crippen molar-refractivity contribution in [2.24, 2.45) is 0 Å². The molecule has 6 nitrogen and oxygen atoms in total. The van der Waals surface area contributed by atoms with Crippen LogP contribution in [0.2, 0.25) is 0 Å². The Morgan fingerprint density at radius 3 is 2.75 bits per heavy atom. The Hall–Kier alpha value is -3.54. The number of likely N-dealkylation sites (N-methyl/N-ethyl adjacent to an activating group) is 1. The molecule has 2 heterocycles. The Morgan fingerprint density at radius 2 is 2.03 bits per heavy atom. The molecule has 1 aliphatic rings. The van der Waals surface area contributed by atoms with Crippen molar-refractivity contribution in [2.75, 3.05) is 13.1 Å². The number of ether oxygens (including phenoxy) is 1. The number of hydrogen-bond acceptors (Lipinski definition) is 4. The summed E-state index contributed by atoms with van der Waals surface area (Å²) in [6.07, 6.45) is 1.63. The maximum atomic E-state index is 13.3. The van der Waals surface area contributed by atoms with Gasteiger partial charge in [0, 0.05) is 13.1 Å². The third kappa shape index (κ3) is 4.40. The molecule has 1 N–H and O–H groups in total. The molecule has 4 rings (SSSR count). The minimum absolute atomic E-state index is 0.144. The summed E-state index contributed by atoms with van der Waals surface area (Å²) >= 11 is 0. The van der Waals surface area contributed by atoms with E-state index in [1.165, 1.54) is 6.26 Å². The Labute approximate surface area is 188 Å². The van der Waals surface area contributed by atoms with Crippen molar-refractivity contribution in [3.05, 3.63) is 88.9 Å². The maximum Gasteiger partial charge on any atom is 0.290 e. The fraction of sp³-hybridized carbons (Fsp3) is 0.308. The first-order valence-electron chi connectivity index (χ1n) is 11.0. The lowest BCUT2D eigenvalue weighted by molar-refractivity contribution is -0.127. The second-order valence-electron chi connectivity index (χ2n) is 8.06. The van der Waals surface area contributed by atoms with Gasteiger partial charge in [0.25, 0.3) is 11.8 Å². The molecule has 2 amide bonds. The van der Waals surface area contributed by atoms with Crippen LogP contribution in [0.4, 0.5) is 0 Å². The van der Waals surface area contributed by atoms with Crippen molar-refractivity contribution < 1.29 is 18.7 Å². The average molecular weight is 433 g/mol. The van der Waals surface area contributed by atoms with Crippen molar-refractivity contribution >= 4 is 11.8 Å². The number of nitrogens with one attached hydrogen (secondary N) is 1. The number of benzene rings is 2. The molecule has 2 atom stereocenters. The highest BCUT2D eigenvalue weighted by atomic mass is 16.5. The molecule has 0 unspecified atom stereocenters. The Bertz CT molecular complexity index is 1110. The minimum atomic E-state index is -0.616. The van der Waals surface area contributed by atoms with E-state index >= 15 is 0 Å². The topological polar surface area (TPSA) is 71.8 Å². The number of fused-ring (bicyclic) bond motifs is 1. The van der Waals surface area contributed by atoms with Crippen molar-refractivity contribution in [1.29, 1.82) is 0 Å². The SMILES string of the molecule is CCNC(=O)[C@@H](C)Oc1ccc2c(c1)[C@H](c1cccc(C)c1)N(C(=O)c1ccco1)CC2. The number of rotatable bonds is 6. The molecular formula is C26H28N2O4. The number of aryl methyl sites for hydroxylation is 1. The Kier molecular flexibility index (Phi) is 6.30. The van der Waals surface area contributed by atoms with Crippen LogP contribution in [0.5, 0.6) is 5.75 Å². The average Bonchev–Trinajstić information content (AvgIpc) is 3.33. The molecule has 32 heavy (non-hydrogen) atoms. The Balaban J connectivity index is 1.73. The third-order valence-corrected chi connectivity index (χ3v) is 5.73. The first-order chi connectivity index (χ1) is 15.5. The van der Waals surface area contributed by atoms with Crippen LogP contribution in [0.15, 0.2) is 65.3 Å². The summed E-state index contributed by atoms with van der Waals surface area (Å²) in [6, 6.07) is 17.2. The lowest BCUT2D eigenvalue weighted by atomic mass is 9.87. The summed E-state index contributed by atoms with van der Waals surface area (Å²) in [5.74, 6) is 0.625. The molecule has 1 aromatic heterocycles. The zero-order valence-corrected chi connectivity index (χ0v) is 18.6. The molecule has 0 spiro atoms. The van der Waals surface area contributed by atoms with E-state index in [9.17, 15) is 9.59 Å². The van der Waals surface area contributed by atoms with E-state index in [1.807, 2.05) is 55.1 Å². The van der Waals surface area contributed by atoms with Gasteiger partial charge in [0.15, 0.2) is 11.9 Å². The smallest absolute Gasteiger partial charge is 0.290 e. The largest absolute Gasteiger partial charge is 0.481 e. The zero-order chi connectivity index (χ0) is 22.7. The van der Waals surface area contributed by atoms with Crippen LogP contribution in [-0.2, 0) is 11.2 Å². The summed E-state index contributed by atoms with van der Waals surface area (Å²) in [5.41, 5.74) is 4.32. The highest BCUT2D eigenvalue weighted by molar-refractivity contribution is 5.92. The van der Waals surface area contributed by atoms with Gasteiger partial charge in [0.1, 0.15) is 5.75 Å². The monoisotopic (exact) mass is 432 g/mol. The van der Waals surface area contributed by atoms with Crippen LogP contribution in [-0.4, -0.2) is 35.9 Å². The predicted molar refractivity (Wildman–Crippen MR) is 122 cm³/mol. The van der Waals surface area contributed by atoms with Crippen molar-refractivity contribution in [1.82, 2.24) is 10.2 Å². The van der Waals surface area contributed by atoms with Gasteiger partial charge >= 0.3 is 0 Å². The number of carbonyl (C=O) groups excluding carboxylic acids is 2. The molecule has 1 aliphatic heterocycles. The van der Waals surface area contributed by atoms with Crippen molar-refractivity contribution in [3.8, 4) is 5.75 Å². The number of carbonyl (C=O) groups is 2. The van der Waals surface area contributed by atoms with Crippen molar-refractivity contribution in [2.45, 2.75) is 39.3 Å². The van der Waals surface area contributed by atoms with Crippen LogP contribution >= 0.6 is 0 Å². The third-order valence-electron chi connectivity index (χ3n) is 5.73. The van der Waals surface area contributed by atoms with Gasteiger partial charge in [-0.3, -0.25) is 9.59 Å². The van der Waals surface area contributed by atoms with Crippen LogP contribution in [0, 0.1) is 6.92 Å². The van der Waals surface area contributed by atoms with Crippen LogP contribution in [0.3, 0.4) is 0 Å². The summed E-state index contributed by atoms with van der Waals surface area (Å²) < 4.78 is 11.3. The number of nitrogens with zero attached hydrogens (tertiary/aromatic N) is 1. The second kappa shape index (κ2) is 9.30. The Morgan fingerprint density at radius 1 is 1.19 bits per heavy atom. The van der Waals surface area contributed by atoms with Crippen molar-refractivity contribution in [3.63, 3.8) is 0 Å². The van der Waals surface area contributed by atoms with Gasteiger partial charge in [0.05, 0.1) is 12.3 Å². The van der Waals surface area contributed by atoms with Gasteiger partial charge in [0.2, 0.25) is 0 Å². The molecule has 3 aromatic rings. The van der Waals surface area contributed by atoms with Crippen LogP contribution < -0.4 is 10.1 Å². The number of amides is 2. The van der Waals surface area contributed by atoms with Gasteiger partial charge in [-0.15, -0.1) is 0 Å². The molecule has 166 valence electrons. The molecule has 0 aliphatic carbocycles. The van der Waals surface area contributed by atoms with E-state index in [0.717, 1.165) is 28.7 Å². The van der Waals surface area contributed by atoms with Gasteiger partial charge in [-0.05, 0) is 68.1 Å². The van der Waals surface area contributed by atoms with Gasteiger partial charge in [-0.1, -0.05) is 35.9 Å². The lowest BCUT2D eigenvalue weighted by Crippen LogP contribution is -2.40. The molecule has 2 aromatic carbocycles. The molecular weight excluding hydrogens is 404 g/mol. The predicted octanol–water partition coefficient (Wildman–Crippen LogP) is 4.28. The minimum Gasteiger partial charge on any atom is -0.481 e. The van der Waals surface area contributed by atoms with E-state index in [4.69, 9.17) is 9.15 Å². The quantitative estimate of drug-likeness (QED) is 0.631. The fourth-order valence-corrected chi connectivity index (χ4v) is 4.20. The molecule has 0 bridgehead atoms. The standard InChI is InChI=1S/C26H28N2O4/c1-4-27-25(29)18(3)32-21-11-10-19-12-13-28(26(30)23-9-6-14-31-23)24(22(19)16-21)20-8-5-7-17(2)15-20/h5-11,14-16,18,24H,4,12-13H2,1-3H3,(H,27,29)/t18-,24+/m1/s1. The van der Waals surface area contributed by atoms with Gasteiger partial charge < -0.3 is 19.4 Å². The zero-order valence-electron chi connectivity index (χ0n) is 18.6. The number of furan rings is 1. The van der Waals surface area contributed by atoms with E-state index in [1.54, 1.807) is 19.1 Å². The summed E-state index contributed by atoms with van der Waals surface area (Å²) in [6.45, 7) is 6.78. The van der Waals surface area contributed by atoms with E-state index in [2.05, 4.69) is 11.4 Å². The first kappa shape index (κ1) is 21.7. The van der Waals surface area contributed by atoms with E-state index < -0.39 is 6.10 Å². The van der Waals surface area contributed by atoms with Gasteiger partial charge in [-0.25, -0.2) is 0 Å². The highest BCUT2D eigenvalue weighted by Gasteiger charge is 2.34. The normalized spacial score (nSPS) is 16.2. The molecule has 0 saturated heterocycles. The second-order valence-corrected chi connectivity index (χ2v) is 8.06. The maximum absolute atomic E-state index is 13.3. The van der Waals surface area contributed by atoms with Crippen LogP contribution in [0.25, 0.3) is 0 Å². The van der Waals surface area contributed by atoms with Gasteiger partial charge in [-0.2, -0.15) is 0 Å². The highest BCUT2D eigenvalue weighted by Crippen LogP contribution is 2.38. The summed E-state index contributed by atoms with van der Waals surface area (Å²) in [7, 11) is 0. The first-order valence-corrected chi connectivity index (χ1v) is 11.0. The molecule has 0 fully saturated rings. The van der Waals surface area contributed by atoms with E-state index in [-0.39, 0.29) is 17.9 Å². The summed E-state index contributed by atoms with van der Waals surface area (Å²) in [5, 5.41) is 2.78. The number of hydrogen-bond donors (Lipinski definition) is 1. The van der Waals surface area contributed by atoms with E-state index in [0.29, 0.717) is 24.6 Å². The van der Waals surface area contributed by atoms with Crippen LogP contribution in [0.1, 0.15) is 52.7 Å². The fourth-order valence-electron chi connectivity index (χ4n) is 4.20. The summed E-state index contributed by atoms with van der Waals surface area (Å²) in [4.78, 5) is 27.3. The molecule has 0 saturated carbocycles. The lowest BCUT2D eigenvalue weighted by Gasteiger charge is -2.37. The molecule has 0 radical (unpaired) electrons. The molecule has 6 heteroatoms.